The molecule has 5 nitrogen and oxygen atoms in total. The molecule has 3 rings (SSSR count). The van der Waals surface area contributed by atoms with Crippen LogP contribution in [0.1, 0.15) is 58.3 Å². The Kier molecular flexibility index (Phi) is 6.14. The molecule has 0 unspecified atom stereocenters. The van der Waals surface area contributed by atoms with Crippen LogP contribution in [0.4, 0.5) is 0 Å². The van der Waals surface area contributed by atoms with E-state index in [0.29, 0.717) is 17.9 Å². The van der Waals surface area contributed by atoms with Gasteiger partial charge in [-0.3, -0.25) is 14.5 Å². The molecule has 0 aromatic heterocycles. The van der Waals surface area contributed by atoms with Gasteiger partial charge in [-0.2, -0.15) is 0 Å². The van der Waals surface area contributed by atoms with Crippen LogP contribution in [-0.2, 0) is 9.59 Å². The van der Waals surface area contributed by atoms with Crippen molar-refractivity contribution in [1.29, 1.82) is 0 Å². The van der Waals surface area contributed by atoms with Gasteiger partial charge in [0, 0.05) is 38.1 Å². The van der Waals surface area contributed by atoms with Gasteiger partial charge in [-0.25, -0.2) is 0 Å². The molecular weight excluding hydrogens is 302 g/mol. The highest BCUT2D eigenvalue weighted by Crippen LogP contribution is 2.32. The number of nitrogens with one attached hydrogen (secondary N) is 1. The molecule has 1 N–H and O–H groups in total. The number of rotatable bonds is 6. The van der Waals surface area contributed by atoms with Crippen LogP contribution in [0.3, 0.4) is 0 Å². The molecule has 0 spiro atoms. The summed E-state index contributed by atoms with van der Waals surface area (Å²) in [4.78, 5) is 29.1. The third-order valence-corrected chi connectivity index (χ3v) is 5.87. The number of carbonyl (C=O) groups excluding carboxylic acids is 2. The van der Waals surface area contributed by atoms with Crippen molar-refractivity contribution in [2.45, 2.75) is 64.3 Å². The summed E-state index contributed by atoms with van der Waals surface area (Å²) in [5, 5.41) is 3.10. The van der Waals surface area contributed by atoms with Gasteiger partial charge in [0.1, 0.15) is 0 Å². The summed E-state index contributed by atoms with van der Waals surface area (Å²) in [5.41, 5.74) is 0. The zero-order chi connectivity index (χ0) is 16.9. The van der Waals surface area contributed by atoms with Crippen molar-refractivity contribution in [3.8, 4) is 0 Å². The predicted molar refractivity (Wildman–Crippen MR) is 94.5 cm³/mol. The summed E-state index contributed by atoms with van der Waals surface area (Å²) in [7, 11) is 0. The Balaban J connectivity index is 1.43. The first kappa shape index (κ1) is 17.7. The second kappa shape index (κ2) is 8.32. The molecule has 0 radical (unpaired) electrons. The topological polar surface area (TPSA) is 52.7 Å². The average Bonchev–Trinajstić information content (AvgIpc) is 3.47. The van der Waals surface area contributed by atoms with Crippen LogP contribution in [0.2, 0.25) is 0 Å². The van der Waals surface area contributed by atoms with Crippen LogP contribution in [0.5, 0.6) is 0 Å². The highest BCUT2D eigenvalue weighted by molar-refractivity contribution is 5.81. The number of amides is 2. The molecule has 3 fully saturated rings. The van der Waals surface area contributed by atoms with Gasteiger partial charge in [0.15, 0.2) is 0 Å². The normalized spacial score (nSPS) is 26.4. The third-order valence-electron chi connectivity index (χ3n) is 5.87. The molecule has 2 aliphatic heterocycles. The van der Waals surface area contributed by atoms with E-state index < -0.39 is 0 Å². The molecule has 2 amide bonds. The molecule has 0 bridgehead atoms. The lowest BCUT2D eigenvalue weighted by atomic mass is 9.93. The average molecular weight is 335 g/mol. The lowest BCUT2D eigenvalue weighted by Gasteiger charge is -2.42. The van der Waals surface area contributed by atoms with Gasteiger partial charge in [0.2, 0.25) is 11.8 Å². The Morgan fingerprint density at radius 2 is 1.75 bits per heavy atom. The number of hydrogen-bond donors (Lipinski definition) is 1. The van der Waals surface area contributed by atoms with Crippen molar-refractivity contribution in [3.63, 3.8) is 0 Å². The molecule has 2 saturated heterocycles. The molecule has 5 heteroatoms. The standard InChI is InChI=1S/C19H33N3O2/c1-2-3-10-20-18(23)16-5-4-11-22(14-16)17-8-12-21(13-9-17)19(24)15-6-7-15/h15-17H,2-14H2,1H3,(H,20,23)/t16-/m1/s1. The fraction of sp³-hybridized carbons (Fsp3) is 0.895. The molecule has 1 saturated carbocycles. The third kappa shape index (κ3) is 4.50. The summed E-state index contributed by atoms with van der Waals surface area (Å²) in [5.74, 6) is 1.13. The van der Waals surface area contributed by atoms with Crippen molar-refractivity contribution >= 4 is 11.8 Å². The maximum atomic E-state index is 12.3. The Bertz CT molecular complexity index is 442. The Morgan fingerprint density at radius 3 is 2.42 bits per heavy atom. The molecular formula is C19H33N3O2. The van der Waals surface area contributed by atoms with Gasteiger partial charge in [0.05, 0.1) is 5.92 Å². The van der Waals surface area contributed by atoms with Crippen molar-refractivity contribution in [1.82, 2.24) is 15.1 Å². The Morgan fingerprint density at radius 1 is 1.00 bits per heavy atom. The van der Waals surface area contributed by atoms with Gasteiger partial charge in [-0.15, -0.1) is 0 Å². The molecule has 0 aromatic rings. The molecule has 1 atom stereocenters. The van der Waals surface area contributed by atoms with Crippen molar-refractivity contribution < 1.29 is 9.59 Å². The zero-order valence-corrected chi connectivity index (χ0v) is 15.1. The van der Waals surface area contributed by atoms with Crippen molar-refractivity contribution in [3.05, 3.63) is 0 Å². The van der Waals surface area contributed by atoms with E-state index in [2.05, 4.69) is 22.0 Å². The van der Waals surface area contributed by atoms with Gasteiger partial charge < -0.3 is 10.2 Å². The van der Waals surface area contributed by atoms with E-state index in [-0.39, 0.29) is 11.8 Å². The number of carbonyl (C=O) groups is 2. The zero-order valence-electron chi connectivity index (χ0n) is 15.1. The largest absolute Gasteiger partial charge is 0.356 e. The summed E-state index contributed by atoms with van der Waals surface area (Å²) in [6, 6.07) is 0.555. The van der Waals surface area contributed by atoms with E-state index in [9.17, 15) is 9.59 Å². The number of likely N-dealkylation sites (tertiary alicyclic amines) is 2. The van der Waals surface area contributed by atoms with E-state index in [1.807, 2.05) is 0 Å². The number of nitrogens with zero attached hydrogens (tertiary/aromatic N) is 2. The monoisotopic (exact) mass is 335 g/mol. The van der Waals surface area contributed by atoms with Crippen LogP contribution < -0.4 is 5.32 Å². The fourth-order valence-electron chi connectivity index (χ4n) is 4.12. The van der Waals surface area contributed by atoms with E-state index >= 15 is 0 Å². The van der Waals surface area contributed by atoms with Gasteiger partial charge in [0.25, 0.3) is 0 Å². The first-order valence-electron chi connectivity index (χ1n) is 9.99. The number of unbranched alkanes of at least 4 members (excludes halogenated alkanes) is 1. The Hall–Kier alpha value is -1.10. The maximum Gasteiger partial charge on any atom is 0.225 e. The van der Waals surface area contributed by atoms with Crippen molar-refractivity contribution in [2.75, 3.05) is 32.7 Å². The highest BCUT2D eigenvalue weighted by Gasteiger charge is 2.37. The van der Waals surface area contributed by atoms with E-state index in [1.165, 1.54) is 0 Å². The molecule has 3 aliphatic rings. The predicted octanol–water partition coefficient (Wildman–Crippen LogP) is 2.02. The first-order chi connectivity index (χ1) is 11.7. The van der Waals surface area contributed by atoms with Gasteiger partial charge in [-0.05, 0) is 51.5 Å². The number of hydrogen-bond acceptors (Lipinski definition) is 3. The van der Waals surface area contributed by atoms with Gasteiger partial charge in [-0.1, -0.05) is 13.3 Å². The highest BCUT2D eigenvalue weighted by atomic mass is 16.2. The minimum absolute atomic E-state index is 0.154. The summed E-state index contributed by atoms with van der Waals surface area (Å²) in [6.45, 7) is 6.79. The molecule has 0 aromatic carbocycles. The molecule has 24 heavy (non-hydrogen) atoms. The lowest BCUT2D eigenvalue weighted by molar-refractivity contribution is -0.134. The van der Waals surface area contributed by atoms with Crippen LogP contribution in [0, 0.1) is 11.8 Å². The van der Waals surface area contributed by atoms with E-state index in [4.69, 9.17) is 0 Å². The maximum absolute atomic E-state index is 12.3. The smallest absolute Gasteiger partial charge is 0.225 e. The van der Waals surface area contributed by atoms with E-state index in [0.717, 1.165) is 84.1 Å². The first-order valence-corrected chi connectivity index (χ1v) is 9.99. The molecule has 2 heterocycles. The fourth-order valence-corrected chi connectivity index (χ4v) is 4.12. The summed E-state index contributed by atoms with van der Waals surface area (Å²) in [6.07, 6.45) is 8.66. The van der Waals surface area contributed by atoms with Crippen LogP contribution in [-0.4, -0.2) is 60.4 Å². The second-order valence-electron chi connectivity index (χ2n) is 7.81. The number of piperidine rings is 2. The Labute approximate surface area is 146 Å². The molecule has 136 valence electrons. The van der Waals surface area contributed by atoms with Gasteiger partial charge >= 0.3 is 0 Å². The summed E-state index contributed by atoms with van der Waals surface area (Å²) < 4.78 is 0. The molecule has 1 aliphatic carbocycles. The quantitative estimate of drug-likeness (QED) is 0.756. The second-order valence-corrected chi connectivity index (χ2v) is 7.81. The van der Waals surface area contributed by atoms with E-state index in [1.54, 1.807) is 0 Å². The minimum atomic E-state index is 0.154. The van der Waals surface area contributed by atoms with Crippen molar-refractivity contribution in [2.24, 2.45) is 11.8 Å². The minimum Gasteiger partial charge on any atom is -0.356 e. The summed E-state index contributed by atoms with van der Waals surface area (Å²) >= 11 is 0. The van der Waals surface area contributed by atoms with Crippen LogP contribution in [0.15, 0.2) is 0 Å². The van der Waals surface area contributed by atoms with Crippen LogP contribution >= 0.6 is 0 Å². The SMILES string of the molecule is CCCCNC(=O)[C@@H]1CCCN(C2CCN(C(=O)C3CC3)CC2)C1. The van der Waals surface area contributed by atoms with Crippen LogP contribution in [0.25, 0.3) is 0 Å². The lowest BCUT2D eigenvalue weighted by Crippen LogP contribution is -2.51.